The number of hydrogen-bond donors (Lipinski definition) is 1. The van der Waals surface area contributed by atoms with Crippen molar-refractivity contribution in [1.82, 2.24) is 0 Å². The van der Waals surface area contributed by atoms with Crippen molar-refractivity contribution in [3.8, 4) is 39.5 Å². The fourth-order valence-electron chi connectivity index (χ4n) is 5.26. The fraction of sp³-hybridized carbons (Fsp3) is 0.538. The van der Waals surface area contributed by atoms with Gasteiger partial charge in [-0.25, -0.2) is 0 Å². The van der Waals surface area contributed by atoms with E-state index in [0.29, 0.717) is 0 Å². The molecule has 3 aromatic carbocycles. The van der Waals surface area contributed by atoms with Gasteiger partial charge in [-0.2, -0.15) is 0 Å². The Morgan fingerprint density at radius 1 is 0.442 bits per heavy atom. The van der Waals surface area contributed by atoms with Crippen LogP contribution in [-0.2, 0) is 0 Å². The molecule has 0 aromatic heterocycles. The molecule has 0 saturated carbocycles. The average Bonchev–Trinajstić information content (AvgIpc) is 3.04. The monoisotopic (exact) mass is 587 g/mol. The summed E-state index contributed by atoms with van der Waals surface area (Å²) in [5.41, 5.74) is 10.2. The van der Waals surface area contributed by atoms with Crippen molar-refractivity contribution in [3.63, 3.8) is 0 Å². The molecule has 0 aliphatic heterocycles. The maximum Gasteiger partial charge on any atom is 0.130 e. The summed E-state index contributed by atoms with van der Waals surface area (Å²) in [6.45, 7) is 7.48. The first-order chi connectivity index (χ1) is 21.2. The lowest BCUT2D eigenvalue weighted by Gasteiger charge is -2.15. The SMILES string of the molecule is CCCCCOc1ccc(-c2ccc(-c3ccc(OCCCC)cc3OCCCCCCCCCCCCN)cc2)cc1. The lowest BCUT2D eigenvalue weighted by Crippen LogP contribution is -2.01. The normalized spacial score (nSPS) is 11.0. The molecule has 0 bridgehead atoms. The second-order valence-electron chi connectivity index (χ2n) is 11.7. The maximum atomic E-state index is 6.39. The van der Waals surface area contributed by atoms with E-state index in [1.807, 2.05) is 0 Å². The van der Waals surface area contributed by atoms with Crippen LogP contribution in [0.4, 0.5) is 0 Å². The molecule has 0 amide bonds. The highest BCUT2D eigenvalue weighted by Crippen LogP contribution is 2.35. The minimum atomic E-state index is 0.732. The molecule has 0 fully saturated rings. The number of ether oxygens (including phenoxy) is 3. The minimum Gasteiger partial charge on any atom is -0.494 e. The van der Waals surface area contributed by atoms with Gasteiger partial charge in [0.15, 0.2) is 0 Å². The molecule has 236 valence electrons. The van der Waals surface area contributed by atoms with Crippen LogP contribution in [0.25, 0.3) is 22.3 Å². The topological polar surface area (TPSA) is 53.7 Å². The van der Waals surface area contributed by atoms with Gasteiger partial charge in [0.2, 0.25) is 0 Å². The zero-order chi connectivity index (χ0) is 30.4. The van der Waals surface area contributed by atoms with Crippen LogP contribution in [0.15, 0.2) is 66.7 Å². The molecular formula is C39H57NO3. The third kappa shape index (κ3) is 13.5. The van der Waals surface area contributed by atoms with E-state index in [-0.39, 0.29) is 0 Å². The minimum absolute atomic E-state index is 0.732. The van der Waals surface area contributed by atoms with Crippen LogP contribution in [0.5, 0.6) is 17.2 Å². The van der Waals surface area contributed by atoms with E-state index in [9.17, 15) is 0 Å². The van der Waals surface area contributed by atoms with Crippen LogP contribution in [0.1, 0.15) is 110 Å². The van der Waals surface area contributed by atoms with Gasteiger partial charge in [0.25, 0.3) is 0 Å². The summed E-state index contributed by atoms with van der Waals surface area (Å²) < 4.78 is 18.3. The van der Waals surface area contributed by atoms with E-state index in [4.69, 9.17) is 19.9 Å². The van der Waals surface area contributed by atoms with Crippen molar-refractivity contribution in [3.05, 3.63) is 66.7 Å². The number of unbranched alkanes of at least 4 members (excludes halogenated alkanes) is 12. The van der Waals surface area contributed by atoms with Crippen LogP contribution in [-0.4, -0.2) is 26.4 Å². The predicted octanol–water partition coefficient (Wildman–Crippen LogP) is 11.0. The molecule has 0 spiro atoms. The molecule has 4 heteroatoms. The second kappa shape index (κ2) is 21.7. The van der Waals surface area contributed by atoms with E-state index in [0.717, 1.165) is 80.4 Å². The fourth-order valence-corrected chi connectivity index (χ4v) is 5.26. The molecule has 0 unspecified atom stereocenters. The van der Waals surface area contributed by atoms with Crippen LogP contribution >= 0.6 is 0 Å². The van der Waals surface area contributed by atoms with Crippen LogP contribution in [0.2, 0.25) is 0 Å². The first-order valence-corrected chi connectivity index (χ1v) is 17.2. The summed E-state index contributed by atoms with van der Waals surface area (Å²) in [4.78, 5) is 0. The molecular weight excluding hydrogens is 530 g/mol. The molecule has 43 heavy (non-hydrogen) atoms. The predicted molar refractivity (Wildman–Crippen MR) is 183 cm³/mol. The largest absolute Gasteiger partial charge is 0.494 e. The van der Waals surface area contributed by atoms with E-state index in [1.165, 1.54) is 81.8 Å². The molecule has 2 N–H and O–H groups in total. The summed E-state index contributed by atoms with van der Waals surface area (Å²) in [6.07, 6.45) is 18.4. The Kier molecular flexibility index (Phi) is 17.4. The third-order valence-corrected chi connectivity index (χ3v) is 7.98. The van der Waals surface area contributed by atoms with Gasteiger partial charge in [-0.05, 0) is 73.2 Å². The van der Waals surface area contributed by atoms with E-state index < -0.39 is 0 Å². The molecule has 0 heterocycles. The third-order valence-electron chi connectivity index (χ3n) is 7.98. The molecule has 0 saturated heterocycles. The van der Waals surface area contributed by atoms with Gasteiger partial charge in [-0.3, -0.25) is 0 Å². The Hall–Kier alpha value is -2.98. The smallest absolute Gasteiger partial charge is 0.130 e. The van der Waals surface area contributed by atoms with Crippen LogP contribution in [0, 0.1) is 0 Å². The van der Waals surface area contributed by atoms with E-state index >= 15 is 0 Å². The van der Waals surface area contributed by atoms with Crippen LogP contribution < -0.4 is 19.9 Å². The highest BCUT2D eigenvalue weighted by molar-refractivity contribution is 5.75. The zero-order valence-electron chi connectivity index (χ0n) is 27.1. The standard InChI is InChI=1S/C39H57NO3/c1-3-5-16-30-41-36-24-22-34(23-25-36)33-18-20-35(21-19-33)38-27-26-37(42-29-6-4-2)32-39(38)43-31-17-14-12-10-8-7-9-11-13-15-28-40/h18-27,32H,3-17,28-31,40H2,1-2H3. The summed E-state index contributed by atoms with van der Waals surface area (Å²) in [6, 6.07) is 23.5. The summed E-state index contributed by atoms with van der Waals surface area (Å²) >= 11 is 0. The van der Waals surface area contributed by atoms with Crippen LogP contribution in [0.3, 0.4) is 0 Å². The molecule has 0 aliphatic rings. The Morgan fingerprint density at radius 2 is 0.907 bits per heavy atom. The van der Waals surface area contributed by atoms with Gasteiger partial charge in [0.05, 0.1) is 19.8 Å². The van der Waals surface area contributed by atoms with E-state index in [1.54, 1.807) is 0 Å². The van der Waals surface area contributed by atoms with Gasteiger partial charge in [-0.15, -0.1) is 0 Å². The Bertz CT molecular complexity index is 1110. The maximum absolute atomic E-state index is 6.39. The molecule has 4 nitrogen and oxygen atoms in total. The average molecular weight is 588 g/mol. The Morgan fingerprint density at radius 3 is 1.53 bits per heavy atom. The highest BCUT2D eigenvalue weighted by atomic mass is 16.5. The Labute approximate surface area is 262 Å². The number of hydrogen-bond acceptors (Lipinski definition) is 4. The molecule has 0 radical (unpaired) electrons. The van der Waals surface area contributed by atoms with E-state index in [2.05, 4.69) is 80.6 Å². The first-order valence-electron chi connectivity index (χ1n) is 17.2. The summed E-state index contributed by atoms with van der Waals surface area (Å²) in [5, 5.41) is 0. The van der Waals surface area contributed by atoms with Crippen molar-refractivity contribution in [1.29, 1.82) is 0 Å². The van der Waals surface area contributed by atoms with Crippen molar-refractivity contribution in [2.75, 3.05) is 26.4 Å². The number of rotatable bonds is 24. The van der Waals surface area contributed by atoms with Crippen molar-refractivity contribution in [2.24, 2.45) is 5.73 Å². The number of benzene rings is 3. The van der Waals surface area contributed by atoms with Gasteiger partial charge < -0.3 is 19.9 Å². The first kappa shape index (κ1) is 34.5. The van der Waals surface area contributed by atoms with Crippen molar-refractivity contribution >= 4 is 0 Å². The zero-order valence-corrected chi connectivity index (χ0v) is 27.1. The van der Waals surface area contributed by atoms with Gasteiger partial charge in [0.1, 0.15) is 17.2 Å². The second-order valence-corrected chi connectivity index (χ2v) is 11.7. The molecule has 0 aliphatic carbocycles. The lowest BCUT2D eigenvalue weighted by molar-refractivity contribution is 0.292. The van der Waals surface area contributed by atoms with Gasteiger partial charge >= 0.3 is 0 Å². The Balaban J connectivity index is 1.54. The summed E-state index contributed by atoms with van der Waals surface area (Å²) in [5.74, 6) is 2.73. The quantitative estimate of drug-likeness (QED) is 0.106. The number of nitrogens with two attached hydrogens (primary N) is 1. The lowest BCUT2D eigenvalue weighted by atomic mass is 9.99. The molecule has 0 atom stereocenters. The molecule has 3 rings (SSSR count). The van der Waals surface area contributed by atoms with Crippen molar-refractivity contribution in [2.45, 2.75) is 110 Å². The van der Waals surface area contributed by atoms with Crippen molar-refractivity contribution < 1.29 is 14.2 Å². The molecule has 3 aromatic rings. The van der Waals surface area contributed by atoms with Gasteiger partial charge in [-0.1, -0.05) is 121 Å². The van der Waals surface area contributed by atoms with Gasteiger partial charge in [0, 0.05) is 11.6 Å². The summed E-state index contributed by atoms with van der Waals surface area (Å²) in [7, 11) is 0. The highest BCUT2D eigenvalue weighted by Gasteiger charge is 2.10.